The predicted molar refractivity (Wildman–Crippen MR) is 106 cm³/mol. The maximum absolute atomic E-state index is 12.6. The molecule has 134 valence electrons. The predicted octanol–water partition coefficient (Wildman–Crippen LogP) is 3.07. The number of benzene rings is 1. The number of rotatable bonds is 4. The Balaban J connectivity index is 1.60. The molecule has 0 aliphatic carbocycles. The van der Waals surface area contributed by atoms with Gasteiger partial charge in [0.15, 0.2) is 5.65 Å². The van der Waals surface area contributed by atoms with Crippen LogP contribution >= 0.6 is 15.9 Å². The van der Waals surface area contributed by atoms with Gasteiger partial charge in [0.2, 0.25) is 5.82 Å². The second-order valence-electron chi connectivity index (χ2n) is 5.86. The number of fused-ring (bicyclic) bond motifs is 1. The molecule has 3 aromatic heterocycles. The first-order valence-electron chi connectivity index (χ1n) is 8.21. The van der Waals surface area contributed by atoms with Gasteiger partial charge in [0.25, 0.3) is 5.91 Å². The third-order valence-electron chi connectivity index (χ3n) is 4.02. The third-order valence-corrected chi connectivity index (χ3v) is 4.79. The Morgan fingerprint density at radius 2 is 1.96 bits per heavy atom. The molecule has 0 atom stereocenters. The molecule has 0 fully saturated rings. The summed E-state index contributed by atoms with van der Waals surface area (Å²) in [6.45, 7) is 0.400. The number of carbonyl (C=O) groups excluding carboxylic acids is 1. The SMILES string of the molecule is Nc1cc(C(=O)NCc2ccccc2Br)cc2nc(-c3ccccn3)nn12. The molecule has 0 saturated carbocycles. The van der Waals surface area contributed by atoms with E-state index in [1.807, 2.05) is 42.5 Å². The van der Waals surface area contributed by atoms with Crippen molar-refractivity contribution in [2.24, 2.45) is 0 Å². The summed E-state index contributed by atoms with van der Waals surface area (Å²) in [4.78, 5) is 21.2. The zero-order chi connectivity index (χ0) is 18.8. The van der Waals surface area contributed by atoms with Gasteiger partial charge in [0.1, 0.15) is 11.5 Å². The summed E-state index contributed by atoms with van der Waals surface area (Å²) >= 11 is 3.47. The van der Waals surface area contributed by atoms with Gasteiger partial charge in [-0.25, -0.2) is 4.98 Å². The maximum Gasteiger partial charge on any atom is 0.251 e. The lowest BCUT2D eigenvalue weighted by Crippen LogP contribution is -2.23. The van der Waals surface area contributed by atoms with Gasteiger partial charge in [-0.15, -0.1) is 5.10 Å². The molecular weight excluding hydrogens is 408 g/mol. The van der Waals surface area contributed by atoms with E-state index in [0.29, 0.717) is 35.1 Å². The number of nitrogens with zero attached hydrogens (tertiary/aromatic N) is 4. The minimum Gasteiger partial charge on any atom is -0.384 e. The highest BCUT2D eigenvalue weighted by molar-refractivity contribution is 9.10. The molecule has 0 aliphatic rings. The molecule has 0 spiro atoms. The highest BCUT2D eigenvalue weighted by Gasteiger charge is 2.14. The molecule has 7 nitrogen and oxygen atoms in total. The number of anilines is 1. The summed E-state index contributed by atoms with van der Waals surface area (Å²) in [5.41, 5.74) is 8.61. The van der Waals surface area contributed by atoms with Crippen LogP contribution in [0.5, 0.6) is 0 Å². The molecule has 1 aromatic carbocycles. The molecule has 0 radical (unpaired) electrons. The Labute approximate surface area is 163 Å². The quantitative estimate of drug-likeness (QED) is 0.526. The zero-order valence-corrected chi connectivity index (χ0v) is 15.7. The Hall–Kier alpha value is -3.26. The van der Waals surface area contributed by atoms with E-state index in [4.69, 9.17) is 5.73 Å². The molecule has 0 bridgehead atoms. The van der Waals surface area contributed by atoms with Crippen molar-refractivity contribution in [1.29, 1.82) is 0 Å². The summed E-state index contributed by atoms with van der Waals surface area (Å²) in [7, 11) is 0. The Bertz CT molecular complexity index is 1130. The van der Waals surface area contributed by atoms with Gasteiger partial charge in [0, 0.05) is 22.8 Å². The van der Waals surface area contributed by atoms with E-state index in [0.717, 1.165) is 10.0 Å². The summed E-state index contributed by atoms with van der Waals surface area (Å²) in [5, 5.41) is 7.26. The molecular formula is C19H15BrN6O. The molecule has 0 aliphatic heterocycles. The van der Waals surface area contributed by atoms with Gasteiger partial charge in [-0.1, -0.05) is 40.2 Å². The molecule has 0 saturated heterocycles. The molecule has 3 N–H and O–H groups in total. The number of hydrogen-bond donors (Lipinski definition) is 2. The minimum absolute atomic E-state index is 0.234. The molecule has 8 heteroatoms. The normalized spacial score (nSPS) is 10.9. The topological polar surface area (TPSA) is 98.2 Å². The standard InChI is InChI=1S/C19H15BrN6O/c20-14-6-2-1-5-12(14)11-23-19(27)13-9-16(21)26-17(10-13)24-18(25-26)15-7-3-4-8-22-15/h1-10H,11,21H2,(H,23,27). The number of nitrogens with two attached hydrogens (primary N) is 1. The van der Waals surface area contributed by atoms with Crippen LogP contribution in [-0.4, -0.2) is 25.5 Å². The largest absolute Gasteiger partial charge is 0.384 e. The first-order valence-corrected chi connectivity index (χ1v) is 9.00. The summed E-state index contributed by atoms with van der Waals surface area (Å²) in [6.07, 6.45) is 1.67. The van der Waals surface area contributed by atoms with E-state index in [-0.39, 0.29) is 5.91 Å². The van der Waals surface area contributed by atoms with Crippen molar-refractivity contribution in [2.75, 3.05) is 5.73 Å². The molecule has 0 unspecified atom stereocenters. The van der Waals surface area contributed by atoms with Crippen LogP contribution < -0.4 is 11.1 Å². The molecule has 27 heavy (non-hydrogen) atoms. The fourth-order valence-electron chi connectivity index (χ4n) is 2.66. The summed E-state index contributed by atoms with van der Waals surface area (Å²) in [5.74, 6) is 0.545. The van der Waals surface area contributed by atoms with E-state index in [1.165, 1.54) is 4.52 Å². The van der Waals surface area contributed by atoms with Crippen molar-refractivity contribution in [3.63, 3.8) is 0 Å². The highest BCUT2D eigenvalue weighted by Crippen LogP contribution is 2.18. The van der Waals surface area contributed by atoms with E-state index in [9.17, 15) is 4.79 Å². The van der Waals surface area contributed by atoms with Gasteiger partial charge in [-0.2, -0.15) is 4.52 Å². The van der Waals surface area contributed by atoms with Crippen LogP contribution in [-0.2, 0) is 6.54 Å². The van der Waals surface area contributed by atoms with E-state index in [1.54, 1.807) is 18.3 Å². The van der Waals surface area contributed by atoms with E-state index in [2.05, 4.69) is 36.3 Å². The third kappa shape index (κ3) is 3.52. The monoisotopic (exact) mass is 422 g/mol. The van der Waals surface area contributed by atoms with Crippen LogP contribution in [0.3, 0.4) is 0 Å². The number of pyridine rings is 2. The first kappa shape index (κ1) is 17.2. The van der Waals surface area contributed by atoms with E-state index >= 15 is 0 Å². The van der Waals surface area contributed by atoms with Crippen molar-refractivity contribution >= 4 is 33.3 Å². The fraction of sp³-hybridized carbons (Fsp3) is 0.0526. The summed E-state index contributed by atoms with van der Waals surface area (Å²) in [6, 6.07) is 16.5. The molecule has 4 rings (SSSR count). The number of hydrogen-bond acceptors (Lipinski definition) is 5. The summed E-state index contributed by atoms with van der Waals surface area (Å²) < 4.78 is 2.44. The number of amides is 1. The van der Waals surface area contributed by atoms with Crippen molar-refractivity contribution < 1.29 is 4.79 Å². The van der Waals surface area contributed by atoms with E-state index < -0.39 is 0 Å². The molecule has 3 heterocycles. The number of aromatic nitrogens is 4. The van der Waals surface area contributed by atoms with Gasteiger partial charge >= 0.3 is 0 Å². The van der Waals surface area contributed by atoms with Crippen molar-refractivity contribution in [3.8, 4) is 11.5 Å². The number of halogens is 1. The lowest BCUT2D eigenvalue weighted by Gasteiger charge is -2.08. The van der Waals surface area contributed by atoms with Gasteiger partial charge in [-0.05, 0) is 35.9 Å². The van der Waals surface area contributed by atoms with Crippen LogP contribution in [0.25, 0.3) is 17.2 Å². The highest BCUT2D eigenvalue weighted by atomic mass is 79.9. The lowest BCUT2D eigenvalue weighted by molar-refractivity contribution is 0.0951. The van der Waals surface area contributed by atoms with Crippen LogP contribution in [0.1, 0.15) is 15.9 Å². The fourth-order valence-corrected chi connectivity index (χ4v) is 3.09. The number of nitrogens with one attached hydrogen (secondary N) is 1. The number of carbonyl (C=O) groups is 1. The van der Waals surface area contributed by atoms with Crippen LogP contribution in [0.4, 0.5) is 5.82 Å². The minimum atomic E-state index is -0.234. The molecule has 1 amide bonds. The first-order chi connectivity index (χ1) is 13.1. The van der Waals surface area contributed by atoms with Gasteiger partial charge in [-0.3, -0.25) is 9.78 Å². The van der Waals surface area contributed by atoms with Crippen LogP contribution in [0, 0.1) is 0 Å². The van der Waals surface area contributed by atoms with Crippen LogP contribution in [0.15, 0.2) is 65.3 Å². The van der Waals surface area contributed by atoms with Gasteiger partial charge < -0.3 is 11.1 Å². The Kier molecular flexibility index (Phi) is 4.55. The molecule has 4 aromatic rings. The van der Waals surface area contributed by atoms with Crippen molar-refractivity contribution in [2.45, 2.75) is 6.54 Å². The smallest absolute Gasteiger partial charge is 0.251 e. The average Bonchev–Trinajstić information content (AvgIpc) is 3.13. The maximum atomic E-state index is 12.6. The lowest BCUT2D eigenvalue weighted by atomic mass is 10.2. The second-order valence-corrected chi connectivity index (χ2v) is 6.72. The van der Waals surface area contributed by atoms with Gasteiger partial charge in [0.05, 0.1) is 0 Å². The van der Waals surface area contributed by atoms with Crippen LogP contribution in [0.2, 0.25) is 0 Å². The second kappa shape index (κ2) is 7.16. The number of nitrogen functional groups attached to an aromatic ring is 1. The van der Waals surface area contributed by atoms with Crippen molar-refractivity contribution in [3.05, 3.63) is 76.4 Å². The average molecular weight is 423 g/mol. The Morgan fingerprint density at radius 1 is 1.15 bits per heavy atom. The zero-order valence-electron chi connectivity index (χ0n) is 14.1. The van der Waals surface area contributed by atoms with Crippen molar-refractivity contribution in [1.82, 2.24) is 24.9 Å². The Morgan fingerprint density at radius 3 is 2.74 bits per heavy atom.